The predicted molar refractivity (Wildman–Crippen MR) is 95.1 cm³/mol. The van der Waals surface area contributed by atoms with E-state index in [0.29, 0.717) is 13.0 Å². The van der Waals surface area contributed by atoms with Crippen LogP contribution in [0.3, 0.4) is 0 Å². The van der Waals surface area contributed by atoms with Gasteiger partial charge >= 0.3 is 5.97 Å². The molecule has 2 rings (SSSR count). The summed E-state index contributed by atoms with van der Waals surface area (Å²) < 4.78 is 6.92. The monoisotopic (exact) mass is 345 g/mol. The van der Waals surface area contributed by atoms with Gasteiger partial charge in [-0.15, -0.1) is 5.10 Å². The molecule has 1 unspecified atom stereocenters. The van der Waals surface area contributed by atoms with Crippen LogP contribution in [0.5, 0.6) is 0 Å². The Hall–Kier alpha value is -2.21. The lowest BCUT2D eigenvalue weighted by molar-refractivity contribution is -0.143. The molecule has 136 valence electrons. The third-order valence-electron chi connectivity index (χ3n) is 4.39. The first-order chi connectivity index (χ1) is 12.1. The Morgan fingerprint density at radius 3 is 2.80 bits per heavy atom. The van der Waals surface area contributed by atoms with E-state index in [9.17, 15) is 9.90 Å². The molecule has 0 saturated heterocycles. The van der Waals surface area contributed by atoms with Gasteiger partial charge in [0.15, 0.2) is 0 Å². The van der Waals surface area contributed by atoms with E-state index in [2.05, 4.69) is 10.3 Å². The van der Waals surface area contributed by atoms with Crippen LogP contribution >= 0.6 is 0 Å². The van der Waals surface area contributed by atoms with Crippen LogP contribution in [-0.2, 0) is 29.1 Å². The largest absolute Gasteiger partial charge is 0.466 e. The van der Waals surface area contributed by atoms with Crippen molar-refractivity contribution in [2.75, 3.05) is 6.61 Å². The molecule has 1 aromatic heterocycles. The first kappa shape index (κ1) is 19.1. The standard InChI is InChI=1S/C19H27N3O3/c1-4-22-12-18(20-21-22)9-8-16(11-19(24)25-5-2)15-7-6-14(3)17(10-15)13-23/h6-7,10,12,16,23H,4-5,8-9,11,13H2,1-3H3. The number of aromatic nitrogens is 3. The summed E-state index contributed by atoms with van der Waals surface area (Å²) in [6.45, 7) is 6.97. The van der Waals surface area contributed by atoms with Crippen LogP contribution in [0.1, 0.15) is 55.0 Å². The minimum atomic E-state index is -0.198. The summed E-state index contributed by atoms with van der Waals surface area (Å²) in [4.78, 5) is 12.0. The average molecular weight is 345 g/mol. The molecule has 1 atom stereocenters. The first-order valence-corrected chi connectivity index (χ1v) is 8.82. The smallest absolute Gasteiger partial charge is 0.306 e. The van der Waals surface area contributed by atoms with Crippen LogP contribution < -0.4 is 0 Å². The number of carbonyl (C=O) groups is 1. The minimum absolute atomic E-state index is 0.00335. The summed E-state index contributed by atoms with van der Waals surface area (Å²) in [5.41, 5.74) is 3.91. The number of aryl methyl sites for hydroxylation is 3. The fourth-order valence-electron chi connectivity index (χ4n) is 2.85. The van der Waals surface area contributed by atoms with Crippen molar-refractivity contribution in [2.24, 2.45) is 0 Å². The van der Waals surface area contributed by atoms with Crippen LogP contribution in [0.4, 0.5) is 0 Å². The lowest BCUT2D eigenvalue weighted by Gasteiger charge is -2.18. The Bertz CT molecular complexity index is 697. The lowest BCUT2D eigenvalue weighted by Crippen LogP contribution is -2.12. The lowest BCUT2D eigenvalue weighted by atomic mass is 9.88. The van der Waals surface area contributed by atoms with E-state index in [-0.39, 0.29) is 18.5 Å². The van der Waals surface area contributed by atoms with E-state index in [0.717, 1.165) is 41.8 Å². The summed E-state index contributed by atoms with van der Waals surface area (Å²) >= 11 is 0. The van der Waals surface area contributed by atoms with E-state index in [1.165, 1.54) is 0 Å². The van der Waals surface area contributed by atoms with Crippen molar-refractivity contribution in [2.45, 2.75) is 59.1 Å². The van der Waals surface area contributed by atoms with Gasteiger partial charge in [0.25, 0.3) is 0 Å². The van der Waals surface area contributed by atoms with Crippen molar-refractivity contribution in [3.8, 4) is 0 Å². The zero-order valence-corrected chi connectivity index (χ0v) is 15.2. The van der Waals surface area contributed by atoms with E-state index in [1.807, 2.05) is 45.2 Å². The molecule has 6 nitrogen and oxygen atoms in total. The molecule has 1 aromatic carbocycles. The third-order valence-corrected chi connectivity index (χ3v) is 4.39. The molecule has 0 aliphatic rings. The van der Waals surface area contributed by atoms with Crippen molar-refractivity contribution in [1.29, 1.82) is 0 Å². The molecule has 2 aromatic rings. The third kappa shape index (κ3) is 5.39. The number of hydrogen-bond acceptors (Lipinski definition) is 5. The zero-order chi connectivity index (χ0) is 18.2. The van der Waals surface area contributed by atoms with Gasteiger partial charge in [-0.05, 0) is 56.2 Å². The van der Waals surface area contributed by atoms with Gasteiger partial charge in [-0.2, -0.15) is 0 Å². The second kappa shape index (κ2) is 9.32. The number of aliphatic hydroxyl groups is 1. The Balaban J connectivity index is 2.15. The highest BCUT2D eigenvalue weighted by Gasteiger charge is 2.18. The van der Waals surface area contributed by atoms with Crippen molar-refractivity contribution >= 4 is 5.97 Å². The molecule has 1 heterocycles. The normalized spacial score (nSPS) is 12.2. The SMILES string of the molecule is CCOC(=O)CC(CCc1cn(CC)nn1)c1ccc(C)c(CO)c1. The van der Waals surface area contributed by atoms with Gasteiger partial charge in [0, 0.05) is 12.7 Å². The highest BCUT2D eigenvalue weighted by molar-refractivity contribution is 5.70. The number of carbonyl (C=O) groups excluding carboxylic acids is 1. The molecule has 6 heteroatoms. The van der Waals surface area contributed by atoms with Gasteiger partial charge in [-0.3, -0.25) is 9.48 Å². The Kier molecular flexibility index (Phi) is 7.13. The number of rotatable bonds is 9. The van der Waals surface area contributed by atoms with Crippen LogP contribution in [0.2, 0.25) is 0 Å². The van der Waals surface area contributed by atoms with Crippen molar-refractivity contribution in [3.63, 3.8) is 0 Å². The van der Waals surface area contributed by atoms with Gasteiger partial charge in [0.05, 0.1) is 25.3 Å². The van der Waals surface area contributed by atoms with Crippen LogP contribution in [0, 0.1) is 6.92 Å². The predicted octanol–water partition coefficient (Wildman–Crippen LogP) is 2.77. The maximum Gasteiger partial charge on any atom is 0.306 e. The van der Waals surface area contributed by atoms with Crippen LogP contribution in [0.15, 0.2) is 24.4 Å². The van der Waals surface area contributed by atoms with Crippen molar-refractivity contribution in [3.05, 3.63) is 46.8 Å². The number of benzene rings is 1. The molecule has 0 bridgehead atoms. The number of nitrogens with zero attached hydrogens (tertiary/aromatic N) is 3. The molecular weight excluding hydrogens is 318 g/mol. The van der Waals surface area contributed by atoms with E-state index in [4.69, 9.17) is 4.74 Å². The second-order valence-corrected chi connectivity index (χ2v) is 6.15. The quantitative estimate of drug-likeness (QED) is 0.707. The maximum absolute atomic E-state index is 12.0. The van der Waals surface area contributed by atoms with E-state index >= 15 is 0 Å². The Morgan fingerprint density at radius 1 is 1.36 bits per heavy atom. The second-order valence-electron chi connectivity index (χ2n) is 6.15. The van der Waals surface area contributed by atoms with E-state index in [1.54, 1.807) is 4.68 Å². The summed E-state index contributed by atoms with van der Waals surface area (Å²) in [7, 11) is 0. The summed E-state index contributed by atoms with van der Waals surface area (Å²) in [6.07, 6.45) is 3.78. The van der Waals surface area contributed by atoms with Gasteiger partial charge in [-0.25, -0.2) is 0 Å². The van der Waals surface area contributed by atoms with Gasteiger partial charge < -0.3 is 9.84 Å². The number of esters is 1. The maximum atomic E-state index is 12.0. The molecule has 0 fully saturated rings. The highest BCUT2D eigenvalue weighted by Crippen LogP contribution is 2.27. The average Bonchev–Trinajstić information content (AvgIpc) is 3.07. The molecule has 0 radical (unpaired) electrons. The molecule has 0 spiro atoms. The first-order valence-electron chi connectivity index (χ1n) is 8.82. The molecule has 0 saturated carbocycles. The van der Waals surface area contributed by atoms with Crippen molar-refractivity contribution < 1.29 is 14.6 Å². The highest BCUT2D eigenvalue weighted by atomic mass is 16.5. The Labute approximate surface area is 148 Å². The molecular formula is C19H27N3O3. The minimum Gasteiger partial charge on any atom is -0.466 e. The van der Waals surface area contributed by atoms with Gasteiger partial charge in [0.1, 0.15) is 0 Å². The fourth-order valence-corrected chi connectivity index (χ4v) is 2.85. The fraction of sp³-hybridized carbons (Fsp3) is 0.526. The van der Waals surface area contributed by atoms with E-state index < -0.39 is 0 Å². The summed E-state index contributed by atoms with van der Waals surface area (Å²) in [5, 5.41) is 17.7. The van der Waals surface area contributed by atoms with Gasteiger partial charge in [0.2, 0.25) is 0 Å². The molecule has 1 N–H and O–H groups in total. The molecule has 0 aliphatic heterocycles. The van der Waals surface area contributed by atoms with Crippen LogP contribution in [-0.4, -0.2) is 32.7 Å². The Morgan fingerprint density at radius 2 is 2.16 bits per heavy atom. The number of ether oxygens (including phenoxy) is 1. The zero-order valence-electron chi connectivity index (χ0n) is 15.2. The summed E-state index contributed by atoms with van der Waals surface area (Å²) in [5.74, 6) is -0.174. The topological polar surface area (TPSA) is 77.2 Å². The van der Waals surface area contributed by atoms with Gasteiger partial charge in [-0.1, -0.05) is 23.4 Å². The number of aliphatic hydroxyl groups excluding tert-OH is 1. The molecule has 0 amide bonds. The summed E-state index contributed by atoms with van der Waals surface area (Å²) in [6, 6.07) is 6.01. The van der Waals surface area contributed by atoms with Crippen molar-refractivity contribution in [1.82, 2.24) is 15.0 Å². The molecule has 0 aliphatic carbocycles. The van der Waals surface area contributed by atoms with Crippen LogP contribution in [0.25, 0.3) is 0 Å². The molecule has 25 heavy (non-hydrogen) atoms. The number of hydrogen-bond donors (Lipinski definition) is 1.